The van der Waals surface area contributed by atoms with E-state index in [0.717, 1.165) is 18.2 Å². The number of aromatic nitrogens is 1. The molecule has 0 fully saturated rings. The van der Waals surface area contributed by atoms with Gasteiger partial charge in [0.05, 0.1) is 12.7 Å². The lowest BCUT2D eigenvalue weighted by Gasteiger charge is -2.01. The topological polar surface area (TPSA) is 68.5 Å². The third kappa shape index (κ3) is 2.40. The highest BCUT2D eigenvalue weighted by molar-refractivity contribution is 6.11. The maximum absolute atomic E-state index is 13.1. The van der Waals surface area contributed by atoms with Gasteiger partial charge < -0.3 is 14.4 Å². The van der Waals surface area contributed by atoms with Crippen molar-refractivity contribution >= 4 is 11.8 Å². The zero-order chi connectivity index (χ0) is 14.9. The molecule has 1 heterocycles. The summed E-state index contributed by atoms with van der Waals surface area (Å²) in [7, 11) is 2.81. The Balaban J connectivity index is 2.44. The summed E-state index contributed by atoms with van der Waals surface area (Å²) >= 11 is 0. The van der Waals surface area contributed by atoms with Crippen molar-refractivity contribution in [3.8, 4) is 5.75 Å². The Hall–Kier alpha value is -2.63. The number of hydrogen-bond donors (Lipinski definition) is 1. The first-order valence-corrected chi connectivity index (χ1v) is 5.72. The molecule has 2 rings (SSSR count). The number of aryl methyl sites for hydroxylation is 1. The molecule has 0 radical (unpaired) electrons. The normalized spacial score (nSPS) is 10.3. The Bertz CT molecular complexity index is 690. The quantitative estimate of drug-likeness (QED) is 0.687. The van der Waals surface area contributed by atoms with Crippen LogP contribution >= 0.6 is 0 Å². The molecule has 104 valence electrons. The summed E-state index contributed by atoms with van der Waals surface area (Å²) in [5.41, 5.74) is 0.188. The fourth-order valence-electron chi connectivity index (χ4n) is 1.84. The Morgan fingerprint density at radius 1 is 1.30 bits per heavy atom. The molecule has 0 atom stereocenters. The predicted molar refractivity (Wildman–Crippen MR) is 68.2 cm³/mol. The first-order valence-electron chi connectivity index (χ1n) is 5.72. The van der Waals surface area contributed by atoms with Gasteiger partial charge in [0, 0.05) is 18.8 Å². The van der Waals surface area contributed by atoms with Crippen molar-refractivity contribution in [3.05, 3.63) is 53.1 Å². The van der Waals surface area contributed by atoms with Crippen LogP contribution in [0.3, 0.4) is 0 Å². The molecule has 20 heavy (non-hydrogen) atoms. The molecule has 6 heteroatoms. The molecular weight excluding hydrogens is 265 g/mol. The lowest BCUT2D eigenvalue weighted by molar-refractivity contribution is 0.0590. The molecular formula is C14H12FNO4. The van der Waals surface area contributed by atoms with Crippen molar-refractivity contribution in [1.29, 1.82) is 0 Å². The molecule has 1 aromatic heterocycles. The lowest BCUT2D eigenvalue weighted by atomic mass is 10.0. The number of ether oxygens (including phenoxy) is 1. The number of aromatic hydroxyl groups is 1. The molecule has 0 unspecified atom stereocenters. The second-order valence-corrected chi connectivity index (χ2v) is 4.21. The minimum absolute atomic E-state index is 0.160. The van der Waals surface area contributed by atoms with Crippen LogP contribution in [0.5, 0.6) is 5.75 Å². The van der Waals surface area contributed by atoms with Crippen LogP contribution in [0.25, 0.3) is 0 Å². The molecule has 2 aromatic rings. The van der Waals surface area contributed by atoms with Gasteiger partial charge in [-0.2, -0.15) is 0 Å². The highest BCUT2D eigenvalue weighted by Crippen LogP contribution is 2.22. The second-order valence-electron chi connectivity index (χ2n) is 4.21. The van der Waals surface area contributed by atoms with Gasteiger partial charge in [-0.15, -0.1) is 0 Å². The molecule has 0 spiro atoms. The van der Waals surface area contributed by atoms with Crippen molar-refractivity contribution in [2.75, 3.05) is 7.11 Å². The van der Waals surface area contributed by atoms with Crippen LogP contribution in [0.2, 0.25) is 0 Å². The lowest BCUT2D eigenvalue weighted by Crippen LogP contribution is -2.06. The van der Waals surface area contributed by atoms with E-state index in [9.17, 15) is 19.1 Å². The van der Waals surface area contributed by atoms with Gasteiger partial charge >= 0.3 is 5.97 Å². The number of halogens is 1. The summed E-state index contributed by atoms with van der Waals surface area (Å²) in [5, 5.41) is 9.61. The van der Waals surface area contributed by atoms with Crippen molar-refractivity contribution < 1.29 is 23.8 Å². The van der Waals surface area contributed by atoms with Crippen molar-refractivity contribution in [1.82, 2.24) is 4.57 Å². The molecule has 0 aliphatic rings. The molecule has 1 aromatic carbocycles. The third-order valence-corrected chi connectivity index (χ3v) is 2.86. The van der Waals surface area contributed by atoms with E-state index in [1.807, 2.05) is 0 Å². The molecule has 0 amide bonds. The van der Waals surface area contributed by atoms with Crippen LogP contribution in [0, 0.1) is 5.82 Å². The van der Waals surface area contributed by atoms with Gasteiger partial charge in [0.1, 0.15) is 17.3 Å². The smallest absolute Gasteiger partial charge is 0.354 e. The molecule has 0 bridgehead atoms. The van der Waals surface area contributed by atoms with Crippen LogP contribution in [0.1, 0.15) is 26.4 Å². The fourth-order valence-corrected chi connectivity index (χ4v) is 1.84. The van der Waals surface area contributed by atoms with Crippen molar-refractivity contribution in [2.24, 2.45) is 7.05 Å². The largest absolute Gasteiger partial charge is 0.507 e. The highest BCUT2D eigenvalue weighted by atomic mass is 19.1. The number of methoxy groups -OCH3 is 1. The minimum Gasteiger partial charge on any atom is -0.507 e. The average molecular weight is 277 g/mol. The van der Waals surface area contributed by atoms with Crippen LogP contribution in [-0.2, 0) is 11.8 Å². The second kappa shape index (κ2) is 5.16. The number of nitrogens with zero attached hydrogens (tertiary/aromatic N) is 1. The van der Waals surface area contributed by atoms with Gasteiger partial charge in [-0.3, -0.25) is 4.79 Å². The Morgan fingerprint density at radius 3 is 2.65 bits per heavy atom. The Morgan fingerprint density at radius 2 is 2.00 bits per heavy atom. The summed E-state index contributed by atoms with van der Waals surface area (Å²) in [6, 6.07) is 4.44. The highest BCUT2D eigenvalue weighted by Gasteiger charge is 2.19. The number of ketones is 1. The number of carbonyl (C=O) groups is 2. The van der Waals surface area contributed by atoms with Gasteiger partial charge in [-0.05, 0) is 24.3 Å². The van der Waals surface area contributed by atoms with Gasteiger partial charge in [-0.1, -0.05) is 0 Å². The molecule has 0 aliphatic carbocycles. The van der Waals surface area contributed by atoms with Crippen LogP contribution in [0.15, 0.2) is 30.5 Å². The number of phenolic OH excluding ortho intramolecular Hbond substituents is 1. The molecule has 0 saturated heterocycles. The SMILES string of the molecule is COC(=O)c1cc(C(=O)c2cc(F)ccc2O)cn1C. The van der Waals surface area contributed by atoms with E-state index < -0.39 is 17.6 Å². The van der Waals surface area contributed by atoms with Gasteiger partial charge in [0.15, 0.2) is 5.78 Å². The summed E-state index contributed by atoms with van der Waals surface area (Å²) < 4.78 is 19.2. The first-order chi connectivity index (χ1) is 9.43. The zero-order valence-corrected chi connectivity index (χ0v) is 10.9. The Kier molecular flexibility index (Phi) is 3.56. The predicted octanol–water partition coefficient (Wildman–Crippen LogP) is 1.89. The molecule has 0 aliphatic heterocycles. The van der Waals surface area contributed by atoms with E-state index in [1.165, 1.54) is 23.9 Å². The molecule has 0 saturated carbocycles. The van der Waals surface area contributed by atoms with E-state index in [1.54, 1.807) is 7.05 Å². The summed E-state index contributed by atoms with van der Waals surface area (Å²) in [4.78, 5) is 23.7. The number of rotatable bonds is 3. The summed E-state index contributed by atoms with van der Waals surface area (Å²) in [5.74, 6) is -2.11. The average Bonchev–Trinajstić information content (AvgIpc) is 2.82. The van der Waals surface area contributed by atoms with Crippen LogP contribution in [-0.4, -0.2) is 28.5 Å². The van der Waals surface area contributed by atoms with E-state index in [-0.39, 0.29) is 22.6 Å². The van der Waals surface area contributed by atoms with E-state index in [4.69, 9.17) is 0 Å². The first kappa shape index (κ1) is 13.8. The maximum Gasteiger partial charge on any atom is 0.354 e. The number of benzene rings is 1. The maximum atomic E-state index is 13.1. The van der Waals surface area contributed by atoms with Gasteiger partial charge in [0.25, 0.3) is 0 Å². The van der Waals surface area contributed by atoms with Crippen molar-refractivity contribution in [3.63, 3.8) is 0 Å². The fraction of sp³-hybridized carbons (Fsp3) is 0.143. The van der Waals surface area contributed by atoms with Crippen LogP contribution in [0.4, 0.5) is 4.39 Å². The summed E-state index contributed by atoms with van der Waals surface area (Å²) in [6.07, 6.45) is 1.42. The minimum atomic E-state index is -0.629. The van der Waals surface area contributed by atoms with Gasteiger partial charge in [0.2, 0.25) is 0 Å². The number of carbonyl (C=O) groups excluding carboxylic acids is 2. The third-order valence-electron chi connectivity index (χ3n) is 2.86. The van der Waals surface area contributed by atoms with E-state index in [2.05, 4.69) is 4.74 Å². The van der Waals surface area contributed by atoms with Gasteiger partial charge in [-0.25, -0.2) is 9.18 Å². The monoisotopic (exact) mass is 277 g/mol. The Labute approximate surface area is 114 Å². The van der Waals surface area contributed by atoms with Crippen LogP contribution < -0.4 is 0 Å². The van der Waals surface area contributed by atoms with Crippen molar-refractivity contribution in [2.45, 2.75) is 0 Å². The molecule has 1 N–H and O–H groups in total. The number of hydrogen-bond acceptors (Lipinski definition) is 4. The summed E-state index contributed by atoms with van der Waals surface area (Å²) in [6.45, 7) is 0. The number of esters is 1. The standard InChI is InChI=1S/C14H12FNO4/c1-16-7-8(5-11(16)14(19)20-2)13(18)10-6-9(15)3-4-12(10)17/h3-7,17H,1-2H3. The molecule has 5 nitrogen and oxygen atoms in total. The number of phenols is 1. The van der Waals surface area contributed by atoms with E-state index >= 15 is 0 Å². The van der Waals surface area contributed by atoms with E-state index in [0.29, 0.717) is 0 Å². The zero-order valence-electron chi connectivity index (χ0n) is 10.9.